The van der Waals surface area contributed by atoms with E-state index in [4.69, 9.17) is 11.6 Å². The quantitative estimate of drug-likeness (QED) is 0.855. The predicted octanol–water partition coefficient (Wildman–Crippen LogP) is 2.10. The number of benzene rings is 1. The maximum atomic E-state index is 13.3. The highest BCUT2D eigenvalue weighted by Gasteiger charge is 2.31. The van der Waals surface area contributed by atoms with Crippen LogP contribution in [0.1, 0.15) is 18.9 Å². The fraction of sp³-hybridized carbons (Fsp3) is 0.385. The molecule has 1 aliphatic heterocycles. The van der Waals surface area contributed by atoms with Gasteiger partial charge in [0.05, 0.1) is 11.1 Å². The van der Waals surface area contributed by atoms with Crippen LogP contribution in [-0.4, -0.2) is 40.6 Å². The topological polar surface area (TPSA) is 68.1 Å². The van der Waals surface area contributed by atoms with E-state index in [1.807, 2.05) is 0 Å². The van der Waals surface area contributed by atoms with E-state index in [-0.39, 0.29) is 16.0 Å². The SMILES string of the molecule is O=S(=O)(c1cc(F)ccc1Cl)N1CCC(n2cncn2)CC1. The van der Waals surface area contributed by atoms with Gasteiger partial charge in [0.25, 0.3) is 0 Å². The molecule has 0 N–H and O–H groups in total. The Labute approximate surface area is 132 Å². The summed E-state index contributed by atoms with van der Waals surface area (Å²) in [4.78, 5) is 3.71. The number of hydrogen-bond donors (Lipinski definition) is 0. The molecule has 0 amide bonds. The van der Waals surface area contributed by atoms with Crippen molar-refractivity contribution in [3.8, 4) is 0 Å². The van der Waals surface area contributed by atoms with Gasteiger partial charge in [0, 0.05) is 13.1 Å². The van der Waals surface area contributed by atoms with Gasteiger partial charge in [-0.05, 0) is 31.0 Å². The zero-order valence-electron chi connectivity index (χ0n) is 11.6. The molecular formula is C13H14ClFN4O2S. The van der Waals surface area contributed by atoms with E-state index in [0.717, 1.165) is 12.1 Å². The zero-order valence-corrected chi connectivity index (χ0v) is 13.1. The Hall–Kier alpha value is -1.51. The van der Waals surface area contributed by atoms with Crippen molar-refractivity contribution in [2.45, 2.75) is 23.8 Å². The lowest BCUT2D eigenvalue weighted by Gasteiger charge is -2.31. The Morgan fingerprint density at radius 3 is 2.64 bits per heavy atom. The van der Waals surface area contributed by atoms with Crippen molar-refractivity contribution in [2.75, 3.05) is 13.1 Å². The molecule has 6 nitrogen and oxygen atoms in total. The molecule has 0 spiro atoms. The zero-order chi connectivity index (χ0) is 15.7. The Bertz CT molecular complexity index is 758. The summed E-state index contributed by atoms with van der Waals surface area (Å²) >= 11 is 5.91. The first-order valence-electron chi connectivity index (χ1n) is 6.78. The highest BCUT2D eigenvalue weighted by atomic mass is 35.5. The molecule has 1 fully saturated rings. The van der Waals surface area contributed by atoms with Gasteiger partial charge in [-0.1, -0.05) is 11.6 Å². The van der Waals surface area contributed by atoms with Gasteiger partial charge in [-0.25, -0.2) is 22.5 Å². The van der Waals surface area contributed by atoms with Gasteiger partial charge in [0.1, 0.15) is 23.4 Å². The van der Waals surface area contributed by atoms with Crippen molar-refractivity contribution in [2.24, 2.45) is 0 Å². The number of aromatic nitrogens is 3. The van der Waals surface area contributed by atoms with Crippen LogP contribution < -0.4 is 0 Å². The molecule has 0 aliphatic carbocycles. The van der Waals surface area contributed by atoms with E-state index in [2.05, 4.69) is 10.1 Å². The number of hydrogen-bond acceptors (Lipinski definition) is 4. The number of rotatable bonds is 3. The molecule has 0 atom stereocenters. The third kappa shape index (κ3) is 2.86. The van der Waals surface area contributed by atoms with Gasteiger partial charge in [0.15, 0.2) is 0 Å². The summed E-state index contributed by atoms with van der Waals surface area (Å²) < 4.78 is 41.6. The third-order valence-corrected chi connectivity index (χ3v) is 6.13. The summed E-state index contributed by atoms with van der Waals surface area (Å²) in [7, 11) is -3.79. The molecule has 118 valence electrons. The lowest BCUT2D eigenvalue weighted by molar-refractivity contribution is 0.260. The van der Waals surface area contributed by atoms with Crippen LogP contribution in [0.2, 0.25) is 5.02 Å². The molecule has 1 aliphatic rings. The van der Waals surface area contributed by atoms with Crippen molar-refractivity contribution >= 4 is 21.6 Å². The van der Waals surface area contributed by atoms with Crippen molar-refractivity contribution < 1.29 is 12.8 Å². The molecule has 2 aromatic rings. The summed E-state index contributed by atoms with van der Waals surface area (Å²) in [5, 5.41) is 4.11. The van der Waals surface area contributed by atoms with Gasteiger partial charge < -0.3 is 0 Å². The number of halogens is 2. The van der Waals surface area contributed by atoms with E-state index in [1.54, 1.807) is 11.0 Å². The number of sulfonamides is 1. The molecule has 0 radical (unpaired) electrons. The monoisotopic (exact) mass is 344 g/mol. The van der Waals surface area contributed by atoms with Crippen LogP contribution in [0.25, 0.3) is 0 Å². The van der Waals surface area contributed by atoms with E-state index >= 15 is 0 Å². The highest BCUT2D eigenvalue weighted by Crippen LogP contribution is 2.29. The Kier molecular flexibility index (Phi) is 4.16. The molecule has 9 heteroatoms. The average Bonchev–Trinajstić information content (AvgIpc) is 3.04. The normalized spacial score (nSPS) is 17.7. The second kappa shape index (κ2) is 5.94. The summed E-state index contributed by atoms with van der Waals surface area (Å²) in [6.07, 6.45) is 4.32. The first-order chi connectivity index (χ1) is 10.5. The van der Waals surface area contributed by atoms with Crippen LogP contribution in [0, 0.1) is 5.82 Å². The molecule has 22 heavy (non-hydrogen) atoms. The first kappa shape index (κ1) is 15.4. The molecule has 0 saturated carbocycles. The van der Waals surface area contributed by atoms with Crippen molar-refractivity contribution in [1.82, 2.24) is 19.1 Å². The number of piperidine rings is 1. The maximum Gasteiger partial charge on any atom is 0.244 e. The predicted molar refractivity (Wildman–Crippen MR) is 78.5 cm³/mol. The molecule has 0 unspecified atom stereocenters. The van der Waals surface area contributed by atoms with Crippen molar-refractivity contribution in [1.29, 1.82) is 0 Å². The Morgan fingerprint density at radius 2 is 2.00 bits per heavy atom. The van der Waals surface area contributed by atoms with E-state index < -0.39 is 15.8 Å². The third-order valence-electron chi connectivity index (χ3n) is 3.75. The van der Waals surface area contributed by atoms with Gasteiger partial charge in [-0.15, -0.1) is 0 Å². The van der Waals surface area contributed by atoms with Crippen LogP contribution in [-0.2, 0) is 10.0 Å². The van der Waals surface area contributed by atoms with Crippen LogP contribution in [0.3, 0.4) is 0 Å². The fourth-order valence-corrected chi connectivity index (χ4v) is 4.52. The molecule has 1 saturated heterocycles. The molecule has 1 aromatic heterocycles. The summed E-state index contributed by atoms with van der Waals surface area (Å²) in [5.41, 5.74) is 0. The first-order valence-corrected chi connectivity index (χ1v) is 8.59. The van der Waals surface area contributed by atoms with E-state index in [1.165, 1.54) is 16.7 Å². The maximum absolute atomic E-state index is 13.3. The minimum atomic E-state index is -3.79. The Morgan fingerprint density at radius 1 is 1.27 bits per heavy atom. The highest BCUT2D eigenvalue weighted by molar-refractivity contribution is 7.89. The van der Waals surface area contributed by atoms with E-state index in [9.17, 15) is 12.8 Å². The van der Waals surface area contributed by atoms with Gasteiger partial charge in [-0.3, -0.25) is 0 Å². The second-order valence-electron chi connectivity index (χ2n) is 5.09. The second-order valence-corrected chi connectivity index (χ2v) is 7.40. The molecule has 0 bridgehead atoms. The van der Waals surface area contributed by atoms with Crippen molar-refractivity contribution in [3.05, 3.63) is 41.7 Å². The molecule has 2 heterocycles. The van der Waals surface area contributed by atoms with Crippen LogP contribution in [0.5, 0.6) is 0 Å². The van der Waals surface area contributed by atoms with E-state index in [0.29, 0.717) is 25.9 Å². The Balaban J connectivity index is 1.79. The van der Waals surface area contributed by atoms with Crippen LogP contribution >= 0.6 is 11.6 Å². The smallest absolute Gasteiger partial charge is 0.244 e. The van der Waals surface area contributed by atoms with Crippen molar-refractivity contribution in [3.63, 3.8) is 0 Å². The summed E-state index contributed by atoms with van der Waals surface area (Å²) in [6.45, 7) is 0.666. The molecular weight excluding hydrogens is 331 g/mol. The van der Waals surface area contributed by atoms with Crippen LogP contribution in [0.15, 0.2) is 35.7 Å². The summed E-state index contributed by atoms with van der Waals surface area (Å²) in [5.74, 6) is -0.625. The summed E-state index contributed by atoms with van der Waals surface area (Å²) in [6, 6.07) is 3.47. The standard InChI is InChI=1S/C13H14ClFN4O2S/c14-12-2-1-10(15)7-13(12)22(20,21)18-5-3-11(4-6-18)19-9-16-8-17-19/h1-2,7-9,11H,3-6H2. The fourth-order valence-electron chi connectivity index (χ4n) is 2.57. The lowest BCUT2D eigenvalue weighted by Crippen LogP contribution is -2.39. The molecule has 3 rings (SSSR count). The van der Waals surface area contributed by atoms with Gasteiger partial charge in [0.2, 0.25) is 10.0 Å². The average molecular weight is 345 g/mol. The van der Waals surface area contributed by atoms with Crippen LogP contribution in [0.4, 0.5) is 4.39 Å². The minimum Gasteiger partial charge on any atom is -0.250 e. The van der Waals surface area contributed by atoms with Gasteiger partial charge in [-0.2, -0.15) is 9.40 Å². The minimum absolute atomic E-state index is 0.0276. The van der Waals surface area contributed by atoms with Gasteiger partial charge >= 0.3 is 0 Å². The largest absolute Gasteiger partial charge is 0.250 e. The lowest BCUT2D eigenvalue weighted by atomic mass is 10.1. The molecule has 1 aromatic carbocycles. The number of nitrogens with zero attached hydrogens (tertiary/aromatic N) is 4.